The van der Waals surface area contributed by atoms with Gasteiger partial charge >= 0.3 is 0 Å². The molecule has 0 bridgehead atoms. The summed E-state index contributed by atoms with van der Waals surface area (Å²) in [4.78, 5) is 7.27. The van der Waals surface area contributed by atoms with E-state index >= 15 is 0 Å². The highest BCUT2D eigenvalue weighted by molar-refractivity contribution is 5.10. The molecule has 2 aliphatic rings. The smallest absolute Gasteiger partial charge is 0.109 e. The van der Waals surface area contributed by atoms with Crippen molar-refractivity contribution >= 4 is 0 Å². The number of likely N-dealkylation sites (tertiary alicyclic amines) is 1. The van der Waals surface area contributed by atoms with Gasteiger partial charge in [0, 0.05) is 36.9 Å². The summed E-state index contributed by atoms with van der Waals surface area (Å²) in [7, 11) is 0. The molecule has 3 heterocycles. The summed E-state index contributed by atoms with van der Waals surface area (Å²) in [6.07, 6.45) is 8.04. The molecule has 4 nitrogen and oxygen atoms in total. The molecule has 1 fully saturated rings. The maximum absolute atomic E-state index is 6.11. The van der Waals surface area contributed by atoms with Crippen molar-refractivity contribution in [3.8, 4) is 0 Å². The van der Waals surface area contributed by atoms with E-state index in [-0.39, 0.29) is 0 Å². The van der Waals surface area contributed by atoms with Crippen LogP contribution in [0.5, 0.6) is 0 Å². The van der Waals surface area contributed by atoms with Crippen LogP contribution in [-0.2, 0) is 19.4 Å². The minimum atomic E-state index is 0.318. The van der Waals surface area contributed by atoms with Crippen molar-refractivity contribution in [2.75, 3.05) is 13.1 Å². The van der Waals surface area contributed by atoms with Crippen LogP contribution in [0.3, 0.4) is 0 Å². The van der Waals surface area contributed by atoms with E-state index in [1.807, 2.05) is 0 Å². The Hall–Kier alpha value is -0.870. The fourth-order valence-electron chi connectivity index (χ4n) is 3.63. The van der Waals surface area contributed by atoms with Gasteiger partial charge in [-0.05, 0) is 58.5 Å². The van der Waals surface area contributed by atoms with E-state index < -0.39 is 0 Å². The second kappa shape index (κ2) is 5.86. The molecule has 20 heavy (non-hydrogen) atoms. The molecule has 2 aliphatic heterocycles. The lowest BCUT2D eigenvalue weighted by atomic mass is 9.92. The van der Waals surface area contributed by atoms with Gasteiger partial charge in [0.05, 0.1) is 0 Å². The number of aryl methyl sites for hydroxylation is 1. The second-order valence-corrected chi connectivity index (χ2v) is 6.85. The maximum Gasteiger partial charge on any atom is 0.109 e. The molecule has 1 unspecified atom stereocenters. The number of fused-ring (bicyclic) bond motifs is 1. The van der Waals surface area contributed by atoms with Crippen LogP contribution in [0.4, 0.5) is 0 Å². The molecule has 112 valence electrons. The summed E-state index contributed by atoms with van der Waals surface area (Å²) < 4.78 is 2.39. The van der Waals surface area contributed by atoms with Gasteiger partial charge in [-0.3, -0.25) is 0 Å². The van der Waals surface area contributed by atoms with E-state index in [0.717, 1.165) is 31.7 Å². The minimum absolute atomic E-state index is 0.318. The number of rotatable bonds is 3. The summed E-state index contributed by atoms with van der Waals surface area (Å²) in [5.41, 5.74) is 7.50. The quantitative estimate of drug-likeness (QED) is 0.916. The van der Waals surface area contributed by atoms with E-state index in [1.165, 1.54) is 37.4 Å². The van der Waals surface area contributed by atoms with E-state index in [2.05, 4.69) is 34.5 Å². The fraction of sp³-hybridized carbons (Fsp3) is 0.812. The molecule has 0 aliphatic carbocycles. The summed E-state index contributed by atoms with van der Waals surface area (Å²) in [5.74, 6) is 2.08. The van der Waals surface area contributed by atoms with Crippen molar-refractivity contribution in [2.24, 2.45) is 11.7 Å². The van der Waals surface area contributed by atoms with Gasteiger partial charge in [-0.1, -0.05) is 0 Å². The van der Waals surface area contributed by atoms with Gasteiger partial charge in [0.2, 0.25) is 0 Å². The Morgan fingerprint density at radius 3 is 2.75 bits per heavy atom. The largest absolute Gasteiger partial charge is 0.330 e. The van der Waals surface area contributed by atoms with Gasteiger partial charge in [0.25, 0.3) is 0 Å². The van der Waals surface area contributed by atoms with E-state index in [0.29, 0.717) is 12.1 Å². The number of aromatic nitrogens is 2. The standard InChI is InChI=1S/C16H28N4/c1-12(2)19-7-5-13(6-8-19)9-16-18-10-15-4-3-14(17)11-20(15)16/h10,12-14H,3-9,11,17H2,1-2H3. The van der Waals surface area contributed by atoms with Gasteiger partial charge in [-0.2, -0.15) is 0 Å². The average Bonchev–Trinajstić information content (AvgIpc) is 2.82. The number of imidazole rings is 1. The molecule has 0 saturated carbocycles. The topological polar surface area (TPSA) is 47.1 Å². The van der Waals surface area contributed by atoms with Crippen LogP contribution in [0, 0.1) is 5.92 Å². The average molecular weight is 276 g/mol. The first-order valence-electron chi connectivity index (χ1n) is 8.16. The summed E-state index contributed by atoms with van der Waals surface area (Å²) >= 11 is 0. The van der Waals surface area contributed by atoms with Gasteiger partial charge in [0.15, 0.2) is 0 Å². The molecule has 4 heteroatoms. The molecular weight excluding hydrogens is 248 g/mol. The molecule has 0 radical (unpaired) electrons. The van der Waals surface area contributed by atoms with E-state index in [9.17, 15) is 0 Å². The van der Waals surface area contributed by atoms with Crippen LogP contribution in [-0.4, -0.2) is 39.6 Å². The maximum atomic E-state index is 6.11. The Labute approximate surface area is 122 Å². The van der Waals surface area contributed by atoms with Gasteiger partial charge < -0.3 is 15.2 Å². The zero-order chi connectivity index (χ0) is 14.1. The number of nitrogens with zero attached hydrogens (tertiary/aromatic N) is 3. The van der Waals surface area contributed by atoms with Crippen molar-refractivity contribution in [3.05, 3.63) is 17.7 Å². The van der Waals surface area contributed by atoms with Crippen LogP contribution >= 0.6 is 0 Å². The van der Waals surface area contributed by atoms with Crippen molar-refractivity contribution in [3.63, 3.8) is 0 Å². The van der Waals surface area contributed by atoms with Crippen LogP contribution in [0.2, 0.25) is 0 Å². The molecule has 0 spiro atoms. The summed E-state index contributed by atoms with van der Waals surface area (Å²) in [6.45, 7) is 8.06. The number of hydrogen-bond acceptors (Lipinski definition) is 3. The van der Waals surface area contributed by atoms with Gasteiger partial charge in [0.1, 0.15) is 5.82 Å². The monoisotopic (exact) mass is 276 g/mol. The SMILES string of the molecule is CC(C)N1CCC(Cc2ncc3n2CC(N)CC3)CC1. The molecule has 1 aromatic rings. The fourth-order valence-corrected chi connectivity index (χ4v) is 3.63. The van der Waals surface area contributed by atoms with Crippen LogP contribution < -0.4 is 5.73 Å². The zero-order valence-corrected chi connectivity index (χ0v) is 12.9. The molecule has 3 rings (SSSR count). The highest BCUT2D eigenvalue weighted by Crippen LogP contribution is 2.24. The van der Waals surface area contributed by atoms with Crippen molar-refractivity contribution < 1.29 is 0 Å². The first-order valence-corrected chi connectivity index (χ1v) is 8.16. The predicted molar refractivity (Wildman–Crippen MR) is 81.7 cm³/mol. The van der Waals surface area contributed by atoms with Crippen LogP contribution in [0.1, 0.15) is 44.6 Å². The Balaban J connectivity index is 1.61. The lowest BCUT2D eigenvalue weighted by molar-refractivity contribution is 0.148. The molecule has 0 amide bonds. The molecule has 0 aromatic carbocycles. The lowest BCUT2D eigenvalue weighted by Gasteiger charge is -2.34. The first kappa shape index (κ1) is 14.1. The molecular formula is C16H28N4. The lowest BCUT2D eigenvalue weighted by Crippen LogP contribution is -2.39. The van der Waals surface area contributed by atoms with Crippen LogP contribution in [0.15, 0.2) is 6.20 Å². The Bertz CT molecular complexity index is 443. The molecule has 1 aromatic heterocycles. The van der Waals surface area contributed by atoms with E-state index in [4.69, 9.17) is 5.73 Å². The van der Waals surface area contributed by atoms with E-state index in [1.54, 1.807) is 0 Å². The summed E-state index contributed by atoms with van der Waals surface area (Å²) in [6, 6.07) is 1.01. The highest BCUT2D eigenvalue weighted by Gasteiger charge is 2.24. The third-order valence-corrected chi connectivity index (χ3v) is 5.06. The highest BCUT2D eigenvalue weighted by atomic mass is 15.2. The van der Waals surface area contributed by atoms with Crippen molar-refractivity contribution in [1.82, 2.24) is 14.5 Å². The van der Waals surface area contributed by atoms with Gasteiger partial charge in [-0.25, -0.2) is 4.98 Å². The van der Waals surface area contributed by atoms with Gasteiger partial charge in [-0.15, -0.1) is 0 Å². The number of nitrogens with two attached hydrogens (primary N) is 1. The Morgan fingerprint density at radius 1 is 1.30 bits per heavy atom. The second-order valence-electron chi connectivity index (χ2n) is 6.85. The number of hydrogen-bond donors (Lipinski definition) is 1. The molecule has 2 N–H and O–H groups in total. The third-order valence-electron chi connectivity index (χ3n) is 5.06. The number of piperidine rings is 1. The van der Waals surface area contributed by atoms with Crippen molar-refractivity contribution in [1.29, 1.82) is 0 Å². The zero-order valence-electron chi connectivity index (χ0n) is 12.9. The first-order chi connectivity index (χ1) is 9.63. The third kappa shape index (κ3) is 2.91. The summed E-state index contributed by atoms with van der Waals surface area (Å²) in [5, 5.41) is 0. The molecule has 1 saturated heterocycles. The Morgan fingerprint density at radius 2 is 2.05 bits per heavy atom. The predicted octanol–water partition coefficient (Wildman–Crippen LogP) is 1.82. The minimum Gasteiger partial charge on any atom is -0.330 e. The van der Waals surface area contributed by atoms with Crippen LogP contribution in [0.25, 0.3) is 0 Å². The molecule has 1 atom stereocenters. The van der Waals surface area contributed by atoms with Crippen molar-refractivity contribution in [2.45, 2.75) is 64.6 Å². The normalized spacial score (nSPS) is 25.1. The Kier molecular flexibility index (Phi) is 4.13.